The van der Waals surface area contributed by atoms with Gasteiger partial charge in [-0.1, -0.05) is 35.0 Å². The Labute approximate surface area is 114 Å². The van der Waals surface area contributed by atoms with Crippen LogP contribution >= 0.6 is 0 Å². The fraction of sp³-hybridized carbons (Fsp3) is 0.143. The molecular weight excluding hydrogens is 256 g/mol. The summed E-state index contributed by atoms with van der Waals surface area (Å²) in [6.07, 6.45) is 4.65. The molecule has 0 aliphatic rings. The molecule has 0 N–H and O–H groups in total. The van der Waals surface area contributed by atoms with Crippen molar-refractivity contribution in [3.05, 3.63) is 64.5 Å². The molecule has 0 fully saturated rings. The van der Waals surface area contributed by atoms with E-state index in [-0.39, 0.29) is 0 Å². The van der Waals surface area contributed by atoms with Crippen molar-refractivity contribution in [2.75, 3.05) is 0 Å². The predicted octanol–water partition coefficient (Wildman–Crippen LogP) is 1.65. The molecule has 0 atom stereocenters. The van der Waals surface area contributed by atoms with Crippen molar-refractivity contribution in [3.8, 4) is 11.5 Å². The van der Waals surface area contributed by atoms with E-state index in [4.69, 9.17) is 4.52 Å². The number of rotatable bonds is 3. The standard InChI is InChI=1S/C14H12N4O2/c1-10-2-4-11(5-3-10)9-18-13(17-20-14(18)19)12-8-15-6-7-16-12/h2-8H,9H2,1H3. The highest BCUT2D eigenvalue weighted by molar-refractivity contribution is 5.46. The highest BCUT2D eigenvalue weighted by Gasteiger charge is 2.14. The predicted molar refractivity (Wildman–Crippen MR) is 72.1 cm³/mol. The lowest BCUT2D eigenvalue weighted by atomic mass is 10.1. The number of aromatic nitrogens is 4. The zero-order valence-electron chi connectivity index (χ0n) is 10.9. The van der Waals surface area contributed by atoms with Gasteiger partial charge in [0, 0.05) is 12.4 Å². The molecule has 2 aromatic heterocycles. The van der Waals surface area contributed by atoms with Crippen LogP contribution in [-0.4, -0.2) is 19.7 Å². The van der Waals surface area contributed by atoms with E-state index in [0.717, 1.165) is 5.56 Å². The van der Waals surface area contributed by atoms with E-state index in [2.05, 4.69) is 15.1 Å². The maximum Gasteiger partial charge on any atom is 0.442 e. The summed E-state index contributed by atoms with van der Waals surface area (Å²) in [6, 6.07) is 7.93. The van der Waals surface area contributed by atoms with E-state index < -0.39 is 5.76 Å². The topological polar surface area (TPSA) is 73.8 Å². The number of nitrogens with zero attached hydrogens (tertiary/aromatic N) is 4. The zero-order chi connectivity index (χ0) is 13.9. The second-order valence-electron chi connectivity index (χ2n) is 4.43. The summed E-state index contributed by atoms with van der Waals surface area (Å²) in [4.78, 5) is 19.9. The molecule has 6 heteroatoms. The first-order valence-electron chi connectivity index (χ1n) is 6.12. The molecule has 0 amide bonds. The van der Waals surface area contributed by atoms with E-state index in [1.54, 1.807) is 18.6 Å². The normalized spacial score (nSPS) is 10.7. The summed E-state index contributed by atoms with van der Waals surface area (Å²) in [5, 5.41) is 3.77. The monoisotopic (exact) mass is 268 g/mol. The number of aryl methyl sites for hydroxylation is 1. The molecule has 1 aromatic carbocycles. The van der Waals surface area contributed by atoms with Gasteiger partial charge in [-0.05, 0) is 12.5 Å². The summed E-state index contributed by atoms with van der Waals surface area (Å²) in [6.45, 7) is 2.40. The van der Waals surface area contributed by atoms with E-state index in [1.807, 2.05) is 31.2 Å². The number of hydrogen-bond donors (Lipinski definition) is 0. The third-order valence-corrected chi connectivity index (χ3v) is 2.94. The first kappa shape index (κ1) is 12.3. The maximum absolute atomic E-state index is 11.8. The Morgan fingerprint density at radius 1 is 1.20 bits per heavy atom. The van der Waals surface area contributed by atoms with Crippen molar-refractivity contribution in [3.63, 3.8) is 0 Å². The van der Waals surface area contributed by atoms with Crippen LogP contribution in [0.1, 0.15) is 11.1 Å². The van der Waals surface area contributed by atoms with Crippen LogP contribution in [0.5, 0.6) is 0 Å². The largest absolute Gasteiger partial charge is 0.442 e. The van der Waals surface area contributed by atoms with Crippen LogP contribution in [0.15, 0.2) is 52.2 Å². The molecule has 0 radical (unpaired) electrons. The Balaban J connectivity index is 2.00. The molecule has 0 saturated carbocycles. The lowest BCUT2D eigenvalue weighted by Gasteiger charge is -2.04. The minimum absolute atomic E-state index is 0.378. The van der Waals surface area contributed by atoms with Gasteiger partial charge in [-0.15, -0.1) is 0 Å². The molecule has 100 valence electrons. The van der Waals surface area contributed by atoms with Crippen LogP contribution in [0, 0.1) is 6.92 Å². The molecule has 0 spiro atoms. The van der Waals surface area contributed by atoms with Crippen LogP contribution in [0.3, 0.4) is 0 Å². The van der Waals surface area contributed by atoms with E-state index in [1.165, 1.54) is 10.1 Å². The summed E-state index contributed by atoms with van der Waals surface area (Å²) >= 11 is 0. The molecule has 3 rings (SSSR count). The Hall–Kier alpha value is -2.76. The van der Waals surface area contributed by atoms with Gasteiger partial charge in [0.15, 0.2) is 0 Å². The van der Waals surface area contributed by atoms with Crippen LogP contribution in [0.25, 0.3) is 11.5 Å². The second kappa shape index (κ2) is 5.08. The van der Waals surface area contributed by atoms with Crippen molar-refractivity contribution in [2.24, 2.45) is 0 Å². The van der Waals surface area contributed by atoms with Gasteiger partial charge < -0.3 is 0 Å². The first-order chi connectivity index (χ1) is 9.74. The first-order valence-corrected chi connectivity index (χ1v) is 6.12. The summed E-state index contributed by atoms with van der Waals surface area (Å²) in [5.41, 5.74) is 2.66. The van der Waals surface area contributed by atoms with Gasteiger partial charge >= 0.3 is 5.76 Å². The molecule has 0 aliphatic heterocycles. The maximum atomic E-state index is 11.8. The van der Waals surface area contributed by atoms with Gasteiger partial charge in [0.2, 0.25) is 5.82 Å². The average Bonchev–Trinajstić information content (AvgIpc) is 2.84. The molecule has 0 bridgehead atoms. The van der Waals surface area contributed by atoms with E-state index in [9.17, 15) is 4.79 Å². The fourth-order valence-electron chi connectivity index (χ4n) is 1.88. The summed E-state index contributed by atoms with van der Waals surface area (Å²) in [7, 11) is 0. The molecule has 3 aromatic rings. The average molecular weight is 268 g/mol. The molecular formula is C14H12N4O2. The molecule has 20 heavy (non-hydrogen) atoms. The lowest BCUT2D eigenvalue weighted by Crippen LogP contribution is -2.16. The fourth-order valence-corrected chi connectivity index (χ4v) is 1.88. The van der Waals surface area contributed by atoms with Crippen molar-refractivity contribution < 1.29 is 4.52 Å². The highest BCUT2D eigenvalue weighted by atomic mass is 16.5. The van der Waals surface area contributed by atoms with E-state index in [0.29, 0.717) is 18.1 Å². The highest BCUT2D eigenvalue weighted by Crippen LogP contribution is 2.13. The Kier molecular flexibility index (Phi) is 3.12. The number of benzene rings is 1. The Morgan fingerprint density at radius 3 is 2.70 bits per heavy atom. The zero-order valence-corrected chi connectivity index (χ0v) is 10.9. The minimum atomic E-state index is -0.508. The van der Waals surface area contributed by atoms with Gasteiger partial charge in [-0.3, -0.25) is 14.1 Å². The summed E-state index contributed by atoms with van der Waals surface area (Å²) in [5.74, 6) is -0.130. The van der Waals surface area contributed by atoms with Crippen LogP contribution in [0.2, 0.25) is 0 Å². The SMILES string of the molecule is Cc1ccc(Cn2c(-c3cnccn3)noc2=O)cc1. The number of hydrogen-bond acceptors (Lipinski definition) is 5. The van der Waals surface area contributed by atoms with Crippen molar-refractivity contribution >= 4 is 0 Å². The smallest absolute Gasteiger partial charge is 0.295 e. The lowest BCUT2D eigenvalue weighted by molar-refractivity contribution is 0.378. The van der Waals surface area contributed by atoms with Gasteiger partial charge in [0.1, 0.15) is 5.69 Å². The van der Waals surface area contributed by atoms with Gasteiger partial charge in [0.25, 0.3) is 0 Å². The van der Waals surface area contributed by atoms with Crippen LogP contribution in [-0.2, 0) is 6.54 Å². The molecule has 6 nitrogen and oxygen atoms in total. The van der Waals surface area contributed by atoms with Crippen molar-refractivity contribution in [2.45, 2.75) is 13.5 Å². The third kappa shape index (κ3) is 2.35. The van der Waals surface area contributed by atoms with Crippen molar-refractivity contribution in [1.29, 1.82) is 0 Å². The van der Waals surface area contributed by atoms with Gasteiger partial charge in [-0.25, -0.2) is 9.78 Å². The minimum Gasteiger partial charge on any atom is -0.295 e. The van der Waals surface area contributed by atoms with Gasteiger partial charge in [-0.2, -0.15) is 0 Å². The van der Waals surface area contributed by atoms with Crippen LogP contribution < -0.4 is 5.76 Å². The molecule has 2 heterocycles. The quantitative estimate of drug-likeness (QED) is 0.722. The molecule has 0 unspecified atom stereocenters. The molecule has 0 aliphatic carbocycles. The van der Waals surface area contributed by atoms with Gasteiger partial charge in [0.05, 0.1) is 12.7 Å². The van der Waals surface area contributed by atoms with Crippen LogP contribution in [0.4, 0.5) is 0 Å². The Bertz CT molecular complexity index is 760. The third-order valence-electron chi connectivity index (χ3n) is 2.94. The molecule has 0 saturated heterocycles. The van der Waals surface area contributed by atoms with Crippen molar-refractivity contribution in [1.82, 2.24) is 19.7 Å². The van der Waals surface area contributed by atoms with E-state index >= 15 is 0 Å². The summed E-state index contributed by atoms with van der Waals surface area (Å²) < 4.78 is 6.17. The Morgan fingerprint density at radius 2 is 2.00 bits per heavy atom. The second-order valence-corrected chi connectivity index (χ2v) is 4.43.